The van der Waals surface area contributed by atoms with E-state index in [0.717, 1.165) is 10.6 Å². The maximum absolute atomic E-state index is 9.10. The molecule has 2 aromatic rings. The quantitative estimate of drug-likeness (QED) is 0.847. The molecule has 2 aromatic heterocycles. The molecule has 78 valence electrons. The van der Waals surface area contributed by atoms with Crippen LogP contribution in [0.1, 0.15) is 22.6 Å². The zero-order valence-corrected chi connectivity index (χ0v) is 9.01. The molecule has 0 saturated heterocycles. The molecular formula is C11H11NO2S. The summed E-state index contributed by atoms with van der Waals surface area (Å²) < 4.78 is 5.32. The Morgan fingerprint density at radius 3 is 3.20 bits per heavy atom. The van der Waals surface area contributed by atoms with E-state index < -0.39 is 0 Å². The SMILES string of the molecule is OCc1ncoc1-c1cc2c(s1)CCC2. The summed E-state index contributed by atoms with van der Waals surface area (Å²) in [5.74, 6) is 0.733. The monoisotopic (exact) mass is 221 g/mol. The number of hydrogen-bond acceptors (Lipinski definition) is 4. The van der Waals surface area contributed by atoms with Crippen molar-refractivity contribution in [2.24, 2.45) is 0 Å². The first-order valence-corrected chi connectivity index (χ1v) is 5.85. The van der Waals surface area contributed by atoms with E-state index >= 15 is 0 Å². The fourth-order valence-corrected chi connectivity index (χ4v) is 3.29. The van der Waals surface area contributed by atoms with Crippen molar-refractivity contribution in [3.8, 4) is 10.6 Å². The van der Waals surface area contributed by atoms with Gasteiger partial charge in [-0.15, -0.1) is 11.3 Å². The number of aliphatic hydroxyl groups is 1. The van der Waals surface area contributed by atoms with Crippen molar-refractivity contribution in [2.75, 3.05) is 0 Å². The van der Waals surface area contributed by atoms with Crippen LogP contribution in [0.5, 0.6) is 0 Å². The lowest BCUT2D eigenvalue weighted by molar-refractivity contribution is 0.277. The molecule has 1 aliphatic carbocycles. The zero-order valence-electron chi connectivity index (χ0n) is 8.19. The fraction of sp³-hybridized carbons (Fsp3) is 0.364. The summed E-state index contributed by atoms with van der Waals surface area (Å²) in [5, 5.41) is 9.10. The maximum atomic E-state index is 9.10. The lowest BCUT2D eigenvalue weighted by Crippen LogP contribution is -1.84. The van der Waals surface area contributed by atoms with Crippen molar-refractivity contribution >= 4 is 11.3 Å². The first-order valence-electron chi connectivity index (χ1n) is 5.03. The molecule has 3 nitrogen and oxygen atoms in total. The van der Waals surface area contributed by atoms with Gasteiger partial charge in [0.1, 0.15) is 5.69 Å². The Morgan fingerprint density at radius 2 is 2.40 bits per heavy atom. The standard InChI is InChI=1S/C11H11NO2S/c13-5-8-11(14-6-12-8)10-4-7-2-1-3-9(7)15-10/h4,6,13H,1-3,5H2. The number of aryl methyl sites for hydroxylation is 2. The highest BCUT2D eigenvalue weighted by Gasteiger charge is 2.19. The molecule has 0 atom stereocenters. The number of aromatic nitrogens is 1. The Bertz CT molecular complexity index is 465. The molecule has 0 saturated carbocycles. The molecule has 0 amide bonds. The van der Waals surface area contributed by atoms with Crippen LogP contribution in [0, 0.1) is 0 Å². The number of thiophene rings is 1. The van der Waals surface area contributed by atoms with Gasteiger partial charge in [0.25, 0.3) is 0 Å². The van der Waals surface area contributed by atoms with Gasteiger partial charge in [-0.1, -0.05) is 0 Å². The van der Waals surface area contributed by atoms with E-state index in [0.29, 0.717) is 5.69 Å². The van der Waals surface area contributed by atoms with Crippen molar-refractivity contribution in [1.29, 1.82) is 0 Å². The lowest BCUT2D eigenvalue weighted by Gasteiger charge is -1.93. The van der Waals surface area contributed by atoms with Crippen molar-refractivity contribution in [2.45, 2.75) is 25.9 Å². The number of fused-ring (bicyclic) bond motifs is 1. The molecule has 0 fully saturated rings. The van der Waals surface area contributed by atoms with Crippen LogP contribution in [-0.2, 0) is 19.4 Å². The van der Waals surface area contributed by atoms with E-state index in [4.69, 9.17) is 9.52 Å². The summed E-state index contributed by atoms with van der Waals surface area (Å²) in [5.41, 5.74) is 2.07. The van der Waals surface area contributed by atoms with Crippen LogP contribution in [0.25, 0.3) is 10.6 Å². The first-order chi connectivity index (χ1) is 7.38. The number of oxazole rings is 1. The summed E-state index contributed by atoms with van der Waals surface area (Å²) in [6, 6.07) is 2.17. The molecule has 0 aromatic carbocycles. The molecule has 2 heterocycles. The third-order valence-corrected chi connectivity index (χ3v) is 4.00. The molecule has 0 unspecified atom stereocenters. The summed E-state index contributed by atoms with van der Waals surface area (Å²) in [4.78, 5) is 6.55. The second kappa shape index (κ2) is 3.47. The highest BCUT2D eigenvalue weighted by Crippen LogP contribution is 2.37. The van der Waals surface area contributed by atoms with Crippen LogP contribution in [0.3, 0.4) is 0 Å². The lowest BCUT2D eigenvalue weighted by atomic mass is 10.2. The van der Waals surface area contributed by atoms with Crippen LogP contribution in [0.15, 0.2) is 16.9 Å². The van der Waals surface area contributed by atoms with Gasteiger partial charge in [-0.2, -0.15) is 0 Å². The number of rotatable bonds is 2. The second-order valence-electron chi connectivity index (χ2n) is 3.70. The van der Waals surface area contributed by atoms with Gasteiger partial charge in [-0.25, -0.2) is 4.98 Å². The molecule has 15 heavy (non-hydrogen) atoms. The highest BCUT2D eigenvalue weighted by molar-refractivity contribution is 7.15. The van der Waals surface area contributed by atoms with Crippen molar-refractivity contribution in [3.05, 3.63) is 28.6 Å². The van der Waals surface area contributed by atoms with Gasteiger partial charge < -0.3 is 9.52 Å². The van der Waals surface area contributed by atoms with Gasteiger partial charge in [0.2, 0.25) is 0 Å². The first kappa shape index (κ1) is 9.12. The van der Waals surface area contributed by atoms with Crippen molar-refractivity contribution in [3.63, 3.8) is 0 Å². The number of aliphatic hydroxyl groups excluding tert-OH is 1. The average Bonchev–Trinajstić information content (AvgIpc) is 2.91. The third kappa shape index (κ3) is 1.41. The predicted octanol–water partition coefficient (Wildman–Crippen LogP) is 2.38. The van der Waals surface area contributed by atoms with Crippen molar-refractivity contribution < 1.29 is 9.52 Å². The number of hydrogen-bond donors (Lipinski definition) is 1. The van der Waals surface area contributed by atoms with E-state index in [1.54, 1.807) is 11.3 Å². The highest BCUT2D eigenvalue weighted by atomic mass is 32.1. The summed E-state index contributed by atoms with van der Waals surface area (Å²) in [6.45, 7) is -0.0611. The Labute approximate surface area is 91.4 Å². The van der Waals surface area contributed by atoms with Crippen LogP contribution < -0.4 is 0 Å². The molecule has 4 heteroatoms. The third-order valence-electron chi connectivity index (χ3n) is 2.76. The fourth-order valence-electron chi connectivity index (χ4n) is 2.02. The average molecular weight is 221 g/mol. The van der Waals surface area contributed by atoms with Crippen LogP contribution in [0.2, 0.25) is 0 Å². The largest absolute Gasteiger partial charge is 0.442 e. The van der Waals surface area contributed by atoms with Crippen molar-refractivity contribution in [1.82, 2.24) is 4.98 Å². The van der Waals surface area contributed by atoms with E-state index in [-0.39, 0.29) is 6.61 Å². The van der Waals surface area contributed by atoms with Crippen LogP contribution >= 0.6 is 11.3 Å². The maximum Gasteiger partial charge on any atom is 0.181 e. The molecule has 1 N–H and O–H groups in total. The normalized spacial score (nSPS) is 14.5. The summed E-state index contributed by atoms with van der Waals surface area (Å²) in [6.07, 6.45) is 5.02. The predicted molar refractivity (Wildman–Crippen MR) is 57.8 cm³/mol. The van der Waals surface area contributed by atoms with Gasteiger partial charge in [-0.05, 0) is 30.9 Å². The Morgan fingerprint density at radius 1 is 1.47 bits per heavy atom. The molecule has 0 radical (unpaired) electrons. The van der Waals surface area contributed by atoms with Gasteiger partial charge in [-0.3, -0.25) is 0 Å². The van der Waals surface area contributed by atoms with E-state index in [9.17, 15) is 0 Å². The Balaban J connectivity index is 2.05. The van der Waals surface area contributed by atoms with E-state index in [1.807, 2.05) is 0 Å². The van der Waals surface area contributed by atoms with Gasteiger partial charge >= 0.3 is 0 Å². The van der Waals surface area contributed by atoms with Gasteiger partial charge in [0.15, 0.2) is 12.2 Å². The molecule has 0 bridgehead atoms. The van der Waals surface area contributed by atoms with Crippen LogP contribution in [0.4, 0.5) is 0 Å². The van der Waals surface area contributed by atoms with Gasteiger partial charge in [0.05, 0.1) is 11.5 Å². The smallest absolute Gasteiger partial charge is 0.181 e. The van der Waals surface area contributed by atoms with E-state index in [2.05, 4.69) is 11.1 Å². The minimum Gasteiger partial charge on any atom is -0.442 e. The molecular weight excluding hydrogens is 210 g/mol. The van der Waals surface area contributed by atoms with E-state index in [1.165, 1.54) is 36.1 Å². The molecule has 3 rings (SSSR count). The topological polar surface area (TPSA) is 46.3 Å². The summed E-state index contributed by atoms with van der Waals surface area (Å²) in [7, 11) is 0. The molecule has 1 aliphatic rings. The molecule has 0 aliphatic heterocycles. The Hall–Kier alpha value is -1.13. The molecule has 0 spiro atoms. The van der Waals surface area contributed by atoms with Gasteiger partial charge in [0, 0.05) is 4.88 Å². The van der Waals surface area contributed by atoms with Crippen LogP contribution in [-0.4, -0.2) is 10.1 Å². The Kier molecular flexibility index (Phi) is 2.11. The number of nitrogens with zero attached hydrogens (tertiary/aromatic N) is 1. The minimum atomic E-state index is -0.0611. The second-order valence-corrected chi connectivity index (χ2v) is 4.84. The summed E-state index contributed by atoms with van der Waals surface area (Å²) >= 11 is 1.76. The minimum absolute atomic E-state index is 0.0611. The zero-order chi connectivity index (χ0) is 10.3.